The molecular weight excluding hydrogens is 397 g/mol. The van der Waals surface area contributed by atoms with Crippen LogP contribution in [0.3, 0.4) is 0 Å². The van der Waals surface area contributed by atoms with Crippen molar-refractivity contribution in [2.75, 3.05) is 44.7 Å². The molecule has 1 aliphatic heterocycles. The van der Waals surface area contributed by atoms with Gasteiger partial charge in [-0.15, -0.1) is 0 Å². The van der Waals surface area contributed by atoms with Crippen LogP contribution in [0.2, 0.25) is 0 Å². The molecule has 0 bridgehead atoms. The molecule has 30 heavy (non-hydrogen) atoms. The summed E-state index contributed by atoms with van der Waals surface area (Å²) in [6.07, 6.45) is -2.73. The number of hydrogen-bond donors (Lipinski definition) is 1. The topological polar surface area (TPSA) is 57.7 Å². The average molecular weight is 422 g/mol. The molecule has 2 aromatic rings. The SMILES string of the molecule is COc1ccccc1CNC(=O)CN1CCCN(c2ccc(C(F)(F)F)cn2)CC1. The van der Waals surface area contributed by atoms with Gasteiger partial charge in [0.1, 0.15) is 11.6 Å². The lowest BCUT2D eigenvalue weighted by atomic mass is 10.2. The van der Waals surface area contributed by atoms with Crippen LogP contribution in [0.5, 0.6) is 5.75 Å². The molecule has 1 aromatic carbocycles. The molecule has 6 nitrogen and oxygen atoms in total. The van der Waals surface area contributed by atoms with Gasteiger partial charge in [-0.05, 0) is 24.6 Å². The maximum Gasteiger partial charge on any atom is 0.417 e. The molecule has 1 aliphatic rings. The fourth-order valence-electron chi connectivity index (χ4n) is 3.40. The van der Waals surface area contributed by atoms with Crippen molar-refractivity contribution in [1.29, 1.82) is 0 Å². The number of nitrogens with zero attached hydrogens (tertiary/aromatic N) is 3. The third-order valence-corrected chi connectivity index (χ3v) is 5.02. The maximum absolute atomic E-state index is 12.7. The molecule has 0 aliphatic carbocycles. The molecule has 1 aromatic heterocycles. The van der Waals surface area contributed by atoms with Crippen LogP contribution in [0, 0.1) is 0 Å². The Morgan fingerprint density at radius 2 is 1.93 bits per heavy atom. The van der Waals surface area contributed by atoms with Crippen molar-refractivity contribution in [3.8, 4) is 5.75 Å². The monoisotopic (exact) mass is 422 g/mol. The molecule has 162 valence electrons. The number of alkyl halides is 3. The molecule has 1 saturated heterocycles. The number of anilines is 1. The van der Waals surface area contributed by atoms with E-state index >= 15 is 0 Å². The van der Waals surface area contributed by atoms with E-state index in [1.54, 1.807) is 7.11 Å². The van der Waals surface area contributed by atoms with E-state index in [2.05, 4.69) is 10.3 Å². The Morgan fingerprint density at radius 1 is 1.13 bits per heavy atom. The Bertz CT molecular complexity index is 843. The lowest BCUT2D eigenvalue weighted by molar-refractivity contribution is -0.137. The van der Waals surface area contributed by atoms with Crippen LogP contribution < -0.4 is 15.0 Å². The lowest BCUT2D eigenvalue weighted by Crippen LogP contribution is -2.39. The number of carbonyl (C=O) groups excluding carboxylic acids is 1. The minimum atomic E-state index is -4.39. The second-order valence-corrected chi connectivity index (χ2v) is 7.11. The van der Waals surface area contributed by atoms with Gasteiger partial charge in [0, 0.05) is 44.5 Å². The highest BCUT2D eigenvalue weighted by Gasteiger charge is 2.31. The van der Waals surface area contributed by atoms with E-state index in [4.69, 9.17) is 4.74 Å². The molecule has 1 fully saturated rings. The number of aromatic nitrogens is 1. The molecular formula is C21H25F3N4O2. The Hall–Kier alpha value is -2.81. The number of amides is 1. The number of hydrogen-bond acceptors (Lipinski definition) is 5. The predicted molar refractivity (Wildman–Crippen MR) is 107 cm³/mol. The van der Waals surface area contributed by atoms with Crippen molar-refractivity contribution >= 4 is 11.7 Å². The molecule has 0 spiro atoms. The zero-order valence-electron chi connectivity index (χ0n) is 16.8. The molecule has 1 amide bonds. The summed E-state index contributed by atoms with van der Waals surface area (Å²) in [6, 6.07) is 9.97. The largest absolute Gasteiger partial charge is 0.496 e. The second-order valence-electron chi connectivity index (χ2n) is 7.11. The molecule has 0 atom stereocenters. The van der Waals surface area contributed by atoms with E-state index in [1.807, 2.05) is 34.1 Å². The first-order valence-corrected chi connectivity index (χ1v) is 9.76. The predicted octanol–water partition coefficient (Wildman–Crippen LogP) is 2.94. The van der Waals surface area contributed by atoms with Gasteiger partial charge in [-0.25, -0.2) is 4.98 Å². The Balaban J connectivity index is 1.49. The third-order valence-electron chi connectivity index (χ3n) is 5.02. The number of rotatable bonds is 6. The van der Waals surface area contributed by atoms with Gasteiger partial charge in [0.25, 0.3) is 0 Å². The number of carbonyl (C=O) groups is 1. The van der Waals surface area contributed by atoms with Gasteiger partial charge >= 0.3 is 6.18 Å². The van der Waals surface area contributed by atoms with Crippen molar-refractivity contribution in [3.05, 3.63) is 53.7 Å². The summed E-state index contributed by atoms with van der Waals surface area (Å²) < 4.78 is 43.4. The fourth-order valence-corrected chi connectivity index (χ4v) is 3.40. The molecule has 2 heterocycles. The van der Waals surface area contributed by atoms with Crippen molar-refractivity contribution in [3.63, 3.8) is 0 Å². The molecule has 9 heteroatoms. The lowest BCUT2D eigenvalue weighted by Gasteiger charge is -2.23. The number of para-hydroxylation sites is 1. The van der Waals surface area contributed by atoms with Crippen molar-refractivity contribution in [2.24, 2.45) is 0 Å². The summed E-state index contributed by atoms with van der Waals surface area (Å²) >= 11 is 0. The highest BCUT2D eigenvalue weighted by Crippen LogP contribution is 2.29. The first kappa shape index (κ1) is 21.9. The highest BCUT2D eigenvalue weighted by atomic mass is 19.4. The first-order valence-electron chi connectivity index (χ1n) is 9.76. The molecule has 0 radical (unpaired) electrons. The number of methoxy groups -OCH3 is 1. The van der Waals surface area contributed by atoms with Crippen LogP contribution in [-0.2, 0) is 17.5 Å². The summed E-state index contributed by atoms with van der Waals surface area (Å²) in [5.74, 6) is 1.17. The van der Waals surface area contributed by atoms with Gasteiger partial charge in [-0.1, -0.05) is 18.2 Å². The molecule has 3 rings (SSSR count). The quantitative estimate of drug-likeness (QED) is 0.776. The van der Waals surface area contributed by atoms with Crippen molar-refractivity contribution in [2.45, 2.75) is 19.1 Å². The van der Waals surface area contributed by atoms with E-state index in [0.717, 1.165) is 36.5 Å². The van der Waals surface area contributed by atoms with Crippen molar-refractivity contribution in [1.82, 2.24) is 15.2 Å². The number of halogens is 3. The van der Waals surface area contributed by atoms with E-state index in [-0.39, 0.29) is 12.5 Å². The van der Waals surface area contributed by atoms with Gasteiger partial charge < -0.3 is 15.0 Å². The van der Waals surface area contributed by atoms with Gasteiger partial charge in [-0.3, -0.25) is 9.69 Å². The smallest absolute Gasteiger partial charge is 0.417 e. The number of ether oxygens (including phenoxy) is 1. The van der Waals surface area contributed by atoms with E-state index in [9.17, 15) is 18.0 Å². The first-order chi connectivity index (χ1) is 14.4. The maximum atomic E-state index is 12.7. The van der Waals surface area contributed by atoms with Crippen LogP contribution in [-0.4, -0.2) is 55.6 Å². The highest BCUT2D eigenvalue weighted by molar-refractivity contribution is 5.78. The van der Waals surface area contributed by atoms with Gasteiger partial charge in [0.15, 0.2) is 0 Å². The Kier molecular flexibility index (Phi) is 7.15. The average Bonchev–Trinajstić information content (AvgIpc) is 2.97. The summed E-state index contributed by atoms with van der Waals surface area (Å²) in [5, 5.41) is 2.91. The zero-order chi connectivity index (χ0) is 21.6. The Labute approximate surface area is 173 Å². The fraction of sp³-hybridized carbons (Fsp3) is 0.429. The molecule has 0 unspecified atom stereocenters. The summed E-state index contributed by atoms with van der Waals surface area (Å²) in [5.41, 5.74) is 0.151. The van der Waals surface area contributed by atoms with Crippen LogP contribution >= 0.6 is 0 Å². The number of pyridine rings is 1. The normalized spacial score (nSPS) is 15.5. The minimum absolute atomic E-state index is 0.0815. The van der Waals surface area contributed by atoms with Gasteiger partial charge in [0.2, 0.25) is 5.91 Å². The molecule has 1 N–H and O–H groups in total. The van der Waals surface area contributed by atoms with Crippen molar-refractivity contribution < 1.29 is 22.7 Å². The van der Waals surface area contributed by atoms with Crippen LogP contribution in [0.15, 0.2) is 42.6 Å². The minimum Gasteiger partial charge on any atom is -0.496 e. The third kappa shape index (κ3) is 5.85. The van der Waals surface area contributed by atoms with Crippen LogP contribution in [0.1, 0.15) is 17.5 Å². The standard InChI is InChI=1S/C21H25F3N4O2/c1-30-18-6-3-2-5-16(18)13-26-20(29)15-27-9-4-10-28(12-11-27)19-8-7-17(14-25-19)21(22,23)24/h2-3,5-8,14H,4,9-13,15H2,1H3,(H,26,29). The zero-order valence-corrected chi connectivity index (χ0v) is 16.8. The van der Waals surface area contributed by atoms with E-state index in [0.29, 0.717) is 32.0 Å². The van der Waals surface area contributed by atoms with E-state index < -0.39 is 11.7 Å². The Morgan fingerprint density at radius 3 is 2.63 bits per heavy atom. The second kappa shape index (κ2) is 9.80. The van der Waals surface area contributed by atoms with E-state index in [1.165, 1.54) is 6.07 Å². The van der Waals surface area contributed by atoms with Crippen LogP contribution in [0.4, 0.5) is 19.0 Å². The number of nitrogens with one attached hydrogen (secondary N) is 1. The summed E-state index contributed by atoms with van der Waals surface area (Å²) in [4.78, 5) is 20.3. The summed E-state index contributed by atoms with van der Waals surface area (Å²) in [7, 11) is 1.59. The summed E-state index contributed by atoms with van der Waals surface area (Å²) in [6.45, 7) is 3.29. The molecule has 0 saturated carbocycles. The van der Waals surface area contributed by atoms with Gasteiger partial charge in [-0.2, -0.15) is 13.2 Å². The number of benzene rings is 1. The van der Waals surface area contributed by atoms with Gasteiger partial charge in [0.05, 0.1) is 19.2 Å². The van der Waals surface area contributed by atoms with Crippen LogP contribution in [0.25, 0.3) is 0 Å².